The number of ketones is 1. The summed E-state index contributed by atoms with van der Waals surface area (Å²) in [5, 5.41) is 3.39. The Kier molecular flexibility index (Phi) is 3.83. The van der Waals surface area contributed by atoms with Gasteiger partial charge in [-0.25, -0.2) is 4.98 Å². The minimum Gasteiger partial charge on any atom is -0.440 e. The maximum Gasteiger partial charge on any atom is 0.296 e. The van der Waals surface area contributed by atoms with Crippen LogP contribution in [0.5, 0.6) is 0 Å². The van der Waals surface area contributed by atoms with Gasteiger partial charge in [-0.1, -0.05) is 18.2 Å². The topological polar surface area (TPSA) is 88.0 Å². The molecule has 0 spiro atoms. The van der Waals surface area contributed by atoms with Crippen molar-refractivity contribution in [1.29, 1.82) is 0 Å². The van der Waals surface area contributed by atoms with Crippen molar-refractivity contribution >= 4 is 28.3 Å². The summed E-state index contributed by atoms with van der Waals surface area (Å²) in [5.41, 5.74) is 2.60. The lowest BCUT2D eigenvalue weighted by molar-refractivity contribution is -0.112. The fourth-order valence-electron chi connectivity index (χ4n) is 3.23. The number of aromatic amines is 1. The summed E-state index contributed by atoms with van der Waals surface area (Å²) < 4.78 is 5.79. The lowest BCUT2D eigenvalue weighted by Gasteiger charge is -2.05. The van der Waals surface area contributed by atoms with Crippen LogP contribution < -0.4 is 5.32 Å². The summed E-state index contributed by atoms with van der Waals surface area (Å²) in [4.78, 5) is 32.2. The molecule has 138 valence electrons. The maximum absolute atomic E-state index is 12.5. The Morgan fingerprint density at radius 2 is 1.86 bits per heavy atom. The highest BCUT2D eigenvalue weighted by molar-refractivity contribution is 6.48. The Morgan fingerprint density at radius 3 is 2.64 bits per heavy atom. The number of para-hydroxylation sites is 1. The number of rotatable bonds is 5. The van der Waals surface area contributed by atoms with E-state index in [1.165, 1.54) is 0 Å². The summed E-state index contributed by atoms with van der Waals surface area (Å²) in [6.07, 6.45) is 5.56. The van der Waals surface area contributed by atoms with Crippen molar-refractivity contribution < 1.29 is 14.0 Å². The number of nitrogens with one attached hydrogen (secondary N) is 2. The third-order valence-corrected chi connectivity index (χ3v) is 4.92. The molecular weight excluding hydrogens is 354 g/mol. The molecule has 4 aromatic rings. The molecule has 1 amide bonds. The molecule has 2 aromatic heterocycles. The van der Waals surface area contributed by atoms with Gasteiger partial charge in [-0.05, 0) is 43.2 Å². The van der Waals surface area contributed by atoms with Crippen LogP contribution >= 0.6 is 0 Å². The van der Waals surface area contributed by atoms with E-state index >= 15 is 0 Å². The van der Waals surface area contributed by atoms with E-state index in [2.05, 4.69) is 15.3 Å². The molecular formula is C22H17N3O3. The fourth-order valence-corrected chi connectivity index (χ4v) is 3.23. The molecule has 1 aliphatic carbocycles. The predicted octanol–water partition coefficient (Wildman–Crippen LogP) is 4.52. The number of hydrogen-bond donors (Lipinski definition) is 2. The van der Waals surface area contributed by atoms with E-state index in [9.17, 15) is 9.59 Å². The summed E-state index contributed by atoms with van der Waals surface area (Å²) in [6, 6.07) is 14.5. The molecule has 0 atom stereocenters. The third kappa shape index (κ3) is 2.99. The number of benzene rings is 2. The highest BCUT2D eigenvalue weighted by atomic mass is 16.4. The van der Waals surface area contributed by atoms with Crippen LogP contribution in [0.15, 0.2) is 65.3 Å². The van der Waals surface area contributed by atoms with E-state index in [1.807, 2.05) is 36.4 Å². The van der Waals surface area contributed by atoms with E-state index in [-0.39, 0.29) is 0 Å². The highest BCUT2D eigenvalue weighted by Crippen LogP contribution is 2.40. The van der Waals surface area contributed by atoms with Crippen molar-refractivity contribution in [2.75, 3.05) is 5.32 Å². The molecule has 1 saturated carbocycles. The quantitative estimate of drug-likeness (QED) is 0.399. The van der Waals surface area contributed by atoms with E-state index in [1.54, 1.807) is 24.5 Å². The number of anilines is 1. The van der Waals surface area contributed by atoms with Crippen molar-refractivity contribution in [1.82, 2.24) is 9.97 Å². The second-order valence-electron chi connectivity index (χ2n) is 6.95. The first-order valence-corrected chi connectivity index (χ1v) is 9.17. The number of amides is 1. The molecule has 28 heavy (non-hydrogen) atoms. The monoisotopic (exact) mass is 371 g/mol. The van der Waals surface area contributed by atoms with Crippen LogP contribution in [0, 0.1) is 0 Å². The Hall–Kier alpha value is -3.67. The van der Waals surface area contributed by atoms with Crippen LogP contribution in [0.3, 0.4) is 0 Å². The van der Waals surface area contributed by atoms with Gasteiger partial charge in [0.05, 0.1) is 11.8 Å². The lowest BCUT2D eigenvalue weighted by atomic mass is 10.1. The van der Waals surface area contributed by atoms with Crippen LogP contribution in [-0.4, -0.2) is 21.7 Å². The standard InChI is InChI=1S/C22H17N3O3/c26-20(17-11-23-18-4-2-1-3-16(17)18)21(27)25-15-9-7-13(8-10-15)19-12-24-22(28-19)14-5-6-14/h1-4,7-12,14,23H,5-6H2,(H,25,27). The van der Waals surface area contributed by atoms with Crippen molar-refractivity contribution in [3.05, 3.63) is 72.4 Å². The van der Waals surface area contributed by atoms with Crippen LogP contribution in [0.1, 0.15) is 35.0 Å². The van der Waals surface area contributed by atoms with Gasteiger partial charge in [-0.15, -0.1) is 0 Å². The first kappa shape index (κ1) is 16.5. The summed E-state index contributed by atoms with van der Waals surface area (Å²) in [7, 11) is 0. The minimum absolute atomic E-state index is 0.360. The molecule has 0 bridgehead atoms. The number of Topliss-reactive ketones (excluding diaryl/α,β-unsaturated/α-hetero) is 1. The zero-order valence-electron chi connectivity index (χ0n) is 14.9. The number of hydrogen-bond acceptors (Lipinski definition) is 4. The Bertz CT molecular complexity index is 1180. The smallest absolute Gasteiger partial charge is 0.296 e. The Morgan fingerprint density at radius 1 is 1.07 bits per heavy atom. The van der Waals surface area contributed by atoms with E-state index in [4.69, 9.17) is 4.42 Å². The number of fused-ring (bicyclic) bond motifs is 1. The second kappa shape index (κ2) is 6.49. The Balaban J connectivity index is 1.31. The van der Waals surface area contributed by atoms with Crippen molar-refractivity contribution in [3.8, 4) is 11.3 Å². The molecule has 6 nitrogen and oxygen atoms in total. The number of aromatic nitrogens is 2. The molecule has 0 aliphatic heterocycles. The van der Waals surface area contributed by atoms with Gasteiger partial charge in [0.2, 0.25) is 0 Å². The number of H-pyrrole nitrogens is 1. The van der Waals surface area contributed by atoms with Gasteiger partial charge in [0.15, 0.2) is 11.7 Å². The zero-order chi connectivity index (χ0) is 19.1. The highest BCUT2D eigenvalue weighted by Gasteiger charge is 2.28. The maximum atomic E-state index is 12.5. The summed E-state index contributed by atoms with van der Waals surface area (Å²) in [5.74, 6) is 0.702. The SMILES string of the molecule is O=C(Nc1ccc(-c2cnc(C3CC3)o2)cc1)C(=O)c1c[nH]c2ccccc12. The van der Waals surface area contributed by atoms with Crippen LogP contribution in [0.4, 0.5) is 5.69 Å². The van der Waals surface area contributed by atoms with Gasteiger partial charge in [-0.2, -0.15) is 0 Å². The minimum atomic E-state index is -0.673. The lowest BCUT2D eigenvalue weighted by Crippen LogP contribution is -2.22. The van der Waals surface area contributed by atoms with Crippen LogP contribution in [0.25, 0.3) is 22.2 Å². The van der Waals surface area contributed by atoms with Gasteiger partial charge >= 0.3 is 0 Å². The number of carbonyl (C=O) groups is 2. The Labute approximate surface area is 160 Å². The normalized spacial score (nSPS) is 13.6. The molecule has 0 radical (unpaired) electrons. The van der Waals surface area contributed by atoms with Gasteiger partial charge in [0.25, 0.3) is 11.7 Å². The molecule has 2 N–H and O–H groups in total. The third-order valence-electron chi connectivity index (χ3n) is 4.92. The molecule has 6 heteroatoms. The molecule has 2 aromatic carbocycles. The van der Waals surface area contributed by atoms with E-state index < -0.39 is 11.7 Å². The predicted molar refractivity (Wildman–Crippen MR) is 105 cm³/mol. The summed E-state index contributed by atoms with van der Waals surface area (Å²) >= 11 is 0. The van der Waals surface area contributed by atoms with Crippen molar-refractivity contribution in [2.45, 2.75) is 18.8 Å². The van der Waals surface area contributed by atoms with E-state index in [0.29, 0.717) is 22.9 Å². The molecule has 0 unspecified atom stereocenters. The van der Waals surface area contributed by atoms with Gasteiger partial charge in [0, 0.05) is 34.3 Å². The average Bonchev–Trinajstić information content (AvgIpc) is 3.30. The summed E-state index contributed by atoms with van der Waals surface area (Å²) in [6.45, 7) is 0. The first-order valence-electron chi connectivity index (χ1n) is 9.17. The molecule has 1 fully saturated rings. The average molecular weight is 371 g/mol. The number of nitrogens with zero attached hydrogens (tertiary/aromatic N) is 1. The first-order chi connectivity index (χ1) is 13.7. The molecule has 0 saturated heterocycles. The van der Waals surface area contributed by atoms with Crippen molar-refractivity contribution in [2.24, 2.45) is 0 Å². The van der Waals surface area contributed by atoms with Gasteiger partial charge in [0.1, 0.15) is 0 Å². The number of carbonyl (C=O) groups excluding carboxylic acids is 2. The number of oxazole rings is 1. The van der Waals surface area contributed by atoms with Crippen LogP contribution in [-0.2, 0) is 4.79 Å². The largest absolute Gasteiger partial charge is 0.440 e. The molecule has 2 heterocycles. The molecule has 1 aliphatic rings. The van der Waals surface area contributed by atoms with Gasteiger partial charge < -0.3 is 14.7 Å². The molecule has 5 rings (SSSR count). The van der Waals surface area contributed by atoms with Gasteiger partial charge in [-0.3, -0.25) is 9.59 Å². The van der Waals surface area contributed by atoms with Crippen LogP contribution in [0.2, 0.25) is 0 Å². The van der Waals surface area contributed by atoms with E-state index in [0.717, 1.165) is 35.2 Å². The second-order valence-corrected chi connectivity index (χ2v) is 6.95. The fraction of sp³-hybridized carbons (Fsp3) is 0.136. The zero-order valence-corrected chi connectivity index (χ0v) is 14.9. The van der Waals surface area contributed by atoms with Crippen molar-refractivity contribution in [3.63, 3.8) is 0 Å².